The van der Waals surface area contributed by atoms with E-state index in [1.165, 1.54) is 32.4 Å². The number of hydrogen-bond donors (Lipinski definition) is 2. The first-order valence-corrected chi connectivity index (χ1v) is 7.52. The summed E-state index contributed by atoms with van der Waals surface area (Å²) in [5, 5.41) is 6.45. The van der Waals surface area contributed by atoms with Crippen molar-refractivity contribution in [3.8, 4) is 0 Å². The minimum atomic E-state index is 0. The van der Waals surface area contributed by atoms with Crippen LogP contribution >= 0.6 is 24.8 Å². The van der Waals surface area contributed by atoms with E-state index in [2.05, 4.69) is 15.5 Å². The standard InChI is InChI=1S/C14H25N3O.2ClH/c18-14(7-11-3-5-15-8-11)16-9-12-4-6-17(10-12)13-1-2-13;;/h11-13,15H,1-10H2,(H,16,18);2*1H. The number of hydrogen-bond acceptors (Lipinski definition) is 3. The van der Waals surface area contributed by atoms with Crippen molar-refractivity contribution in [3.05, 3.63) is 0 Å². The number of nitrogens with one attached hydrogen (secondary N) is 2. The Bertz CT molecular complexity index is 307. The van der Waals surface area contributed by atoms with Gasteiger partial charge in [0.05, 0.1) is 0 Å². The Morgan fingerprint density at radius 2 is 1.95 bits per heavy atom. The van der Waals surface area contributed by atoms with Crippen molar-refractivity contribution < 1.29 is 4.79 Å². The molecule has 6 heteroatoms. The van der Waals surface area contributed by atoms with E-state index in [0.29, 0.717) is 18.3 Å². The monoisotopic (exact) mass is 323 g/mol. The number of likely N-dealkylation sites (tertiary alicyclic amines) is 1. The lowest BCUT2D eigenvalue weighted by Crippen LogP contribution is -2.32. The molecule has 4 nitrogen and oxygen atoms in total. The molecule has 2 heterocycles. The molecule has 2 saturated heterocycles. The smallest absolute Gasteiger partial charge is 0.220 e. The van der Waals surface area contributed by atoms with Crippen LogP contribution in [0, 0.1) is 11.8 Å². The third-order valence-electron chi connectivity index (χ3n) is 4.60. The van der Waals surface area contributed by atoms with Crippen LogP contribution < -0.4 is 10.6 Å². The molecule has 3 rings (SSSR count). The van der Waals surface area contributed by atoms with Gasteiger partial charge in [0.15, 0.2) is 0 Å². The van der Waals surface area contributed by atoms with Gasteiger partial charge in [-0.1, -0.05) is 0 Å². The van der Waals surface area contributed by atoms with Crippen LogP contribution in [0.25, 0.3) is 0 Å². The highest BCUT2D eigenvalue weighted by Crippen LogP contribution is 2.31. The van der Waals surface area contributed by atoms with E-state index in [4.69, 9.17) is 0 Å². The van der Waals surface area contributed by atoms with Crippen LogP contribution in [0.4, 0.5) is 0 Å². The summed E-state index contributed by atoms with van der Waals surface area (Å²) in [5.74, 6) is 1.52. The van der Waals surface area contributed by atoms with Gasteiger partial charge in [-0.15, -0.1) is 24.8 Å². The molecule has 118 valence electrons. The fourth-order valence-electron chi connectivity index (χ4n) is 3.28. The fourth-order valence-corrected chi connectivity index (χ4v) is 3.28. The van der Waals surface area contributed by atoms with Crippen LogP contribution in [0.1, 0.15) is 32.1 Å². The van der Waals surface area contributed by atoms with Gasteiger partial charge in [-0.25, -0.2) is 0 Å². The third kappa shape index (κ3) is 5.06. The minimum absolute atomic E-state index is 0. The van der Waals surface area contributed by atoms with Crippen molar-refractivity contribution in [1.29, 1.82) is 0 Å². The zero-order valence-electron chi connectivity index (χ0n) is 12.0. The molecule has 2 atom stereocenters. The molecule has 0 radical (unpaired) electrons. The molecule has 0 spiro atoms. The van der Waals surface area contributed by atoms with Gasteiger partial charge >= 0.3 is 0 Å². The van der Waals surface area contributed by atoms with Crippen LogP contribution in [0.3, 0.4) is 0 Å². The summed E-state index contributed by atoms with van der Waals surface area (Å²) in [4.78, 5) is 14.4. The zero-order valence-corrected chi connectivity index (χ0v) is 13.6. The second-order valence-corrected chi connectivity index (χ2v) is 6.25. The molecule has 20 heavy (non-hydrogen) atoms. The molecule has 1 amide bonds. The Hall–Kier alpha value is -0.0300. The third-order valence-corrected chi connectivity index (χ3v) is 4.60. The van der Waals surface area contributed by atoms with Gasteiger partial charge in [0.1, 0.15) is 0 Å². The maximum atomic E-state index is 11.8. The van der Waals surface area contributed by atoms with Gasteiger partial charge in [0.2, 0.25) is 5.91 Å². The normalized spacial score (nSPS) is 29.6. The van der Waals surface area contributed by atoms with Crippen molar-refractivity contribution in [2.75, 3.05) is 32.7 Å². The zero-order chi connectivity index (χ0) is 12.4. The Morgan fingerprint density at radius 3 is 2.60 bits per heavy atom. The first-order chi connectivity index (χ1) is 8.81. The summed E-state index contributed by atoms with van der Waals surface area (Å²) < 4.78 is 0. The fraction of sp³-hybridized carbons (Fsp3) is 0.929. The van der Waals surface area contributed by atoms with Crippen molar-refractivity contribution >= 4 is 30.7 Å². The van der Waals surface area contributed by atoms with Gasteiger partial charge in [0, 0.05) is 25.6 Å². The minimum Gasteiger partial charge on any atom is -0.356 e. The molecule has 2 aliphatic heterocycles. The highest BCUT2D eigenvalue weighted by molar-refractivity contribution is 5.85. The van der Waals surface area contributed by atoms with Gasteiger partial charge in [0.25, 0.3) is 0 Å². The highest BCUT2D eigenvalue weighted by Gasteiger charge is 2.34. The van der Waals surface area contributed by atoms with Crippen molar-refractivity contribution in [2.45, 2.75) is 38.1 Å². The summed E-state index contributed by atoms with van der Waals surface area (Å²) in [6.07, 6.45) is 5.93. The summed E-state index contributed by atoms with van der Waals surface area (Å²) in [5.41, 5.74) is 0. The molecular weight excluding hydrogens is 297 g/mol. The van der Waals surface area contributed by atoms with E-state index in [0.717, 1.165) is 32.1 Å². The van der Waals surface area contributed by atoms with Crippen molar-refractivity contribution in [3.63, 3.8) is 0 Å². The van der Waals surface area contributed by atoms with Gasteiger partial charge in [-0.05, 0) is 57.2 Å². The van der Waals surface area contributed by atoms with E-state index in [9.17, 15) is 4.79 Å². The van der Waals surface area contributed by atoms with E-state index >= 15 is 0 Å². The van der Waals surface area contributed by atoms with Crippen LogP contribution in [0.2, 0.25) is 0 Å². The predicted octanol–water partition coefficient (Wildman–Crippen LogP) is 1.43. The van der Waals surface area contributed by atoms with Crippen LogP contribution in [0.15, 0.2) is 0 Å². The summed E-state index contributed by atoms with van der Waals surface area (Å²) in [6, 6.07) is 0.885. The number of halogens is 2. The number of nitrogens with zero attached hydrogens (tertiary/aromatic N) is 1. The first-order valence-electron chi connectivity index (χ1n) is 7.52. The Kier molecular flexibility index (Phi) is 7.59. The molecule has 0 aromatic carbocycles. The molecule has 0 aromatic heterocycles. The summed E-state index contributed by atoms with van der Waals surface area (Å²) in [6.45, 7) is 5.44. The number of carbonyl (C=O) groups excluding carboxylic acids is 1. The van der Waals surface area contributed by atoms with Gasteiger partial charge < -0.3 is 15.5 Å². The number of carbonyl (C=O) groups is 1. The maximum absolute atomic E-state index is 11.8. The molecule has 0 aromatic rings. The molecule has 1 saturated carbocycles. The Balaban J connectivity index is 0.000001000. The van der Waals surface area contributed by atoms with E-state index in [1.54, 1.807) is 0 Å². The second kappa shape index (κ2) is 8.42. The topological polar surface area (TPSA) is 44.4 Å². The van der Waals surface area contributed by atoms with Crippen LogP contribution in [-0.2, 0) is 4.79 Å². The highest BCUT2D eigenvalue weighted by atomic mass is 35.5. The van der Waals surface area contributed by atoms with Crippen LogP contribution in [-0.4, -0.2) is 49.6 Å². The quantitative estimate of drug-likeness (QED) is 0.804. The largest absolute Gasteiger partial charge is 0.356 e. The molecule has 2 N–H and O–H groups in total. The number of rotatable bonds is 5. The molecule has 0 bridgehead atoms. The molecular formula is C14H27Cl2N3O. The van der Waals surface area contributed by atoms with Crippen molar-refractivity contribution in [1.82, 2.24) is 15.5 Å². The molecule has 2 unspecified atom stereocenters. The molecule has 3 fully saturated rings. The SMILES string of the molecule is Cl.Cl.O=C(CC1CCNC1)NCC1CCN(C2CC2)C1. The molecule has 3 aliphatic rings. The Labute approximate surface area is 134 Å². The second-order valence-electron chi connectivity index (χ2n) is 6.25. The average Bonchev–Trinajstić information content (AvgIpc) is 2.90. The first kappa shape index (κ1) is 18.0. The van der Waals surface area contributed by atoms with Crippen molar-refractivity contribution in [2.24, 2.45) is 11.8 Å². The van der Waals surface area contributed by atoms with Crippen LogP contribution in [0.5, 0.6) is 0 Å². The molecule has 1 aliphatic carbocycles. The van der Waals surface area contributed by atoms with E-state index in [-0.39, 0.29) is 30.7 Å². The van der Waals surface area contributed by atoms with E-state index < -0.39 is 0 Å². The average molecular weight is 324 g/mol. The summed E-state index contributed by atoms with van der Waals surface area (Å²) in [7, 11) is 0. The number of amides is 1. The lowest BCUT2D eigenvalue weighted by atomic mass is 10.0. The van der Waals surface area contributed by atoms with Gasteiger partial charge in [-0.2, -0.15) is 0 Å². The lowest BCUT2D eigenvalue weighted by Gasteiger charge is -2.15. The predicted molar refractivity (Wildman–Crippen MR) is 85.8 cm³/mol. The lowest BCUT2D eigenvalue weighted by molar-refractivity contribution is -0.122. The summed E-state index contributed by atoms with van der Waals surface area (Å²) >= 11 is 0. The van der Waals surface area contributed by atoms with Gasteiger partial charge in [-0.3, -0.25) is 4.79 Å². The van der Waals surface area contributed by atoms with E-state index in [1.807, 2.05) is 0 Å². The Morgan fingerprint density at radius 1 is 1.15 bits per heavy atom. The maximum Gasteiger partial charge on any atom is 0.220 e.